The standard InChI is InChI=1S/C20H21N3O4/c1-12-5-6-13(2)15(9-12)11-18(24)21-20-23-22-19(27-20)14-7-8-16(25-3)17(10-14)26-4/h5-10H,11H2,1-4H3,(H,21,23,24). The molecule has 0 spiro atoms. The van der Waals surface area contributed by atoms with Gasteiger partial charge in [-0.15, -0.1) is 5.10 Å². The Labute approximate surface area is 157 Å². The average molecular weight is 367 g/mol. The lowest BCUT2D eigenvalue weighted by Crippen LogP contribution is -2.15. The molecule has 7 nitrogen and oxygen atoms in total. The van der Waals surface area contributed by atoms with Crippen LogP contribution in [0.4, 0.5) is 6.01 Å². The Morgan fingerprint density at radius 1 is 1.04 bits per heavy atom. The minimum absolute atomic E-state index is 0.0510. The maximum absolute atomic E-state index is 12.3. The van der Waals surface area contributed by atoms with Crippen LogP contribution in [-0.2, 0) is 11.2 Å². The summed E-state index contributed by atoms with van der Waals surface area (Å²) in [6.45, 7) is 3.97. The molecule has 0 saturated heterocycles. The van der Waals surface area contributed by atoms with Crippen LogP contribution < -0.4 is 14.8 Å². The van der Waals surface area contributed by atoms with E-state index in [0.29, 0.717) is 17.1 Å². The summed E-state index contributed by atoms with van der Waals surface area (Å²) in [5.74, 6) is 1.21. The number of methoxy groups -OCH3 is 2. The Morgan fingerprint density at radius 2 is 1.81 bits per heavy atom. The first-order chi connectivity index (χ1) is 13.0. The molecule has 3 aromatic rings. The second-order valence-electron chi connectivity index (χ2n) is 6.14. The van der Waals surface area contributed by atoms with Crippen molar-refractivity contribution in [3.8, 4) is 23.0 Å². The number of benzene rings is 2. The summed E-state index contributed by atoms with van der Waals surface area (Å²) in [4.78, 5) is 12.3. The van der Waals surface area contributed by atoms with E-state index >= 15 is 0 Å². The summed E-state index contributed by atoms with van der Waals surface area (Å²) in [5, 5.41) is 10.5. The zero-order valence-corrected chi connectivity index (χ0v) is 15.7. The average Bonchev–Trinajstić information content (AvgIpc) is 3.12. The van der Waals surface area contributed by atoms with Crippen LogP contribution in [0.2, 0.25) is 0 Å². The molecule has 0 aliphatic carbocycles. The van der Waals surface area contributed by atoms with Gasteiger partial charge in [0.25, 0.3) is 0 Å². The summed E-state index contributed by atoms with van der Waals surface area (Å²) in [6, 6.07) is 11.3. The summed E-state index contributed by atoms with van der Waals surface area (Å²) in [6.07, 6.45) is 0.238. The number of nitrogens with zero attached hydrogens (tertiary/aromatic N) is 2. The largest absolute Gasteiger partial charge is 0.493 e. The van der Waals surface area contributed by atoms with Crippen LogP contribution in [0.25, 0.3) is 11.5 Å². The van der Waals surface area contributed by atoms with Crippen molar-refractivity contribution in [2.45, 2.75) is 20.3 Å². The lowest BCUT2D eigenvalue weighted by atomic mass is 10.0. The number of hydrogen-bond acceptors (Lipinski definition) is 6. The molecule has 0 atom stereocenters. The van der Waals surface area contributed by atoms with Gasteiger partial charge in [0.15, 0.2) is 11.5 Å². The molecular weight excluding hydrogens is 346 g/mol. The van der Waals surface area contributed by atoms with E-state index in [0.717, 1.165) is 16.7 Å². The first-order valence-electron chi connectivity index (χ1n) is 8.42. The molecule has 0 aliphatic heterocycles. The number of aromatic nitrogens is 2. The molecule has 3 rings (SSSR count). The number of hydrogen-bond donors (Lipinski definition) is 1. The highest BCUT2D eigenvalue weighted by Crippen LogP contribution is 2.32. The number of carbonyl (C=O) groups is 1. The summed E-state index contributed by atoms with van der Waals surface area (Å²) in [7, 11) is 3.11. The molecule has 1 heterocycles. The normalized spacial score (nSPS) is 10.5. The van der Waals surface area contributed by atoms with Crippen LogP contribution in [0.3, 0.4) is 0 Å². The fraction of sp³-hybridized carbons (Fsp3) is 0.250. The molecule has 0 aliphatic rings. The van der Waals surface area contributed by atoms with Gasteiger partial charge in [0.05, 0.1) is 20.6 Å². The molecule has 0 bridgehead atoms. The Hall–Kier alpha value is -3.35. The van der Waals surface area contributed by atoms with E-state index in [-0.39, 0.29) is 24.2 Å². The number of amides is 1. The molecule has 0 unspecified atom stereocenters. The maximum Gasteiger partial charge on any atom is 0.322 e. The smallest absolute Gasteiger partial charge is 0.322 e. The van der Waals surface area contributed by atoms with Gasteiger partial charge in [-0.05, 0) is 43.2 Å². The van der Waals surface area contributed by atoms with Gasteiger partial charge in [0, 0.05) is 5.56 Å². The second kappa shape index (κ2) is 7.90. The quantitative estimate of drug-likeness (QED) is 0.717. The van der Waals surface area contributed by atoms with Crippen molar-refractivity contribution in [1.82, 2.24) is 10.2 Å². The van der Waals surface area contributed by atoms with Gasteiger partial charge >= 0.3 is 6.01 Å². The molecule has 0 fully saturated rings. The zero-order valence-electron chi connectivity index (χ0n) is 15.7. The zero-order chi connectivity index (χ0) is 19.4. The lowest BCUT2D eigenvalue weighted by Gasteiger charge is -2.07. The number of ether oxygens (including phenoxy) is 2. The van der Waals surface area contributed by atoms with Crippen LogP contribution in [0, 0.1) is 13.8 Å². The third-order valence-corrected chi connectivity index (χ3v) is 4.16. The van der Waals surface area contributed by atoms with Crippen molar-refractivity contribution in [2.24, 2.45) is 0 Å². The summed E-state index contributed by atoms with van der Waals surface area (Å²) in [5.41, 5.74) is 3.80. The predicted molar refractivity (Wildman–Crippen MR) is 101 cm³/mol. The van der Waals surface area contributed by atoms with Crippen molar-refractivity contribution in [3.63, 3.8) is 0 Å². The van der Waals surface area contributed by atoms with E-state index in [1.54, 1.807) is 32.4 Å². The first-order valence-corrected chi connectivity index (χ1v) is 8.42. The lowest BCUT2D eigenvalue weighted by molar-refractivity contribution is -0.115. The summed E-state index contributed by atoms with van der Waals surface area (Å²) < 4.78 is 16.0. The second-order valence-corrected chi connectivity index (χ2v) is 6.14. The highest BCUT2D eigenvalue weighted by Gasteiger charge is 2.14. The minimum Gasteiger partial charge on any atom is -0.493 e. The third kappa shape index (κ3) is 4.25. The van der Waals surface area contributed by atoms with Crippen molar-refractivity contribution < 1.29 is 18.7 Å². The van der Waals surface area contributed by atoms with Crippen molar-refractivity contribution in [3.05, 3.63) is 53.1 Å². The molecule has 7 heteroatoms. The highest BCUT2D eigenvalue weighted by molar-refractivity contribution is 5.90. The van der Waals surface area contributed by atoms with Gasteiger partial charge in [-0.3, -0.25) is 10.1 Å². The summed E-state index contributed by atoms with van der Waals surface area (Å²) >= 11 is 0. The molecule has 27 heavy (non-hydrogen) atoms. The van der Waals surface area contributed by atoms with Crippen molar-refractivity contribution in [2.75, 3.05) is 19.5 Å². The van der Waals surface area contributed by atoms with Crippen LogP contribution >= 0.6 is 0 Å². The molecule has 0 radical (unpaired) electrons. The third-order valence-electron chi connectivity index (χ3n) is 4.16. The SMILES string of the molecule is COc1ccc(-c2nnc(NC(=O)Cc3cc(C)ccc3C)o2)cc1OC. The maximum atomic E-state index is 12.3. The monoisotopic (exact) mass is 367 g/mol. The van der Waals surface area contributed by atoms with E-state index in [1.165, 1.54) is 0 Å². The Bertz CT molecular complexity index is 966. The van der Waals surface area contributed by atoms with E-state index in [1.807, 2.05) is 32.0 Å². The number of anilines is 1. The molecule has 1 N–H and O–H groups in total. The molecule has 140 valence electrons. The Morgan fingerprint density at radius 3 is 2.56 bits per heavy atom. The Balaban J connectivity index is 1.72. The van der Waals surface area contributed by atoms with Gasteiger partial charge < -0.3 is 13.9 Å². The van der Waals surface area contributed by atoms with E-state index < -0.39 is 0 Å². The van der Waals surface area contributed by atoms with Crippen LogP contribution in [0.5, 0.6) is 11.5 Å². The minimum atomic E-state index is -0.216. The fourth-order valence-electron chi connectivity index (χ4n) is 2.69. The molecule has 0 saturated carbocycles. The molecule has 1 amide bonds. The van der Waals surface area contributed by atoms with Gasteiger partial charge in [0.2, 0.25) is 11.8 Å². The van der Waals surface area contributed by atoms with E-state index in [2.05, 4.69) is 15.5 Å². The highest BCUT2D eigenvalue weighted by atomic mass is 16.5. The van der Waals surface area contributed by atoms with Crippen LogP contribution in [0.1, 0.15) is 16.7 Å². The molecule has 1 aromatic heterocycles. The van der Waals surface area contributed by atoms with Gasteiger partial charge in [-0.1, -0.05) is 28.9 Å². The van der Waals surface area contributed by atoms with E-state index in [4.69, 9.17) is 13.9 Å². The number of carbonyl (C=O) groups excluding carboxylic acids is 1. The van der Waals surface area contributed by atoms with E-state index in [9.17, 15) is 4.79 Å². The number of aryl methyl sites for hydroxylation is 2. The van der Waals surface area contributed by atoms with Crippen molar-refractivity contribution in [1.29, 1.82) is 0 Å². The van der Waals surface area contributed by atoms with Crippen LogP contribution in [-0.4, -0.2) is 30.3 Å². The molecular formula is C20H21N3O4. The van der Waals surface area contributed by atoms with Crippen LogP contribution in [0.15, 0.2) is 40.8 Å². The Kier molecular flexibility index (Phi) is 5.40. The predicted octanol–water partition coefficient (Wildman–Crippen LogP) is 3.55. The molecule has 2 aromatic carbocycles. The van der Waals surface area contributed by atoms with Gasteiger partial charge in [-0.2, -0.15) is 0 Å². The van der Waals surface area contributed by atoms with Gasteiger partial charge in [-0.25, -0.2) is 0 Å². The van der Waals surface area contributed by atoms with Gasteiger partial charge in [0.1, 0.15) is 0 Å². The fourth-order valence-corrected chi connectivity index (χ4v) is 2.69. The first kappa shape index (κ1) is 18.4. The topological polar surface area (TPSA) is 86.5 Å². The van der Waals surface area contributed by atoms with Crippen molar-refractivity contribution >= 4 is 11.9 Å². The number of nitrogens with one attached hydrogen (secondary N) is 1. The number of rotatable bonds is 6.